The van der Waals surface area contributed by atoms with Crippen molar-refractivity contribution >= 4 is 11.8 Å². The third kappa shape index (κ3) is 4.24. The Morgan fingerprint density at radius 3 is 2.56 bits per heavy atom. The first-order valence-corrected chi connectivity index (χ1v) is 9.96. The molecule has 2 aromatic rings. The number of aryl methyl sites for hydroxylation is 1. The Bertz CT molecular complexity index is 780. The van der Waals surface area contributed by atoms with Crippen molar-refractivity contribution in [3.63, 3.8) is 0 Å². The van der Waals surface area contributed by atoms with Crippen molar-refractivity contribution < 1.29 is 0 Å². The van der Waals surface area contributed by atoms with Crippen LogP contribution in [0.4, 0.5) is 5.82 Å². The van der Waals surface area contributed by atoms with Crippen LogP contribution >= 0.6 is 0 Å². The van der Waals surface area contributed by atoms with Crippen molar-refractivity contribution in [1.29, 1.82) is 0 Å². The van der Waals surface area contributed by atoms with Crippen LogP contribution in [0.5, 0.6) is 0 Å². The summed E-state index contributed by atoms with van der Waals surface area (Å²) in [5.74, 6) is 2.63. The molecule has 1 aliphatic heterocycles. The van der Waals surface area contributed by atoms with Gasteiger partial charge >= 0.3 is 0 Å². The van der Waals surface area contributed by atoms with Gasteiger partial charge in [-0.15, -0.1) is 0 Å². The maximum atomic E-state index is 4.47. The number of nitrogens with zero attached hydrogens (tertiary/aromatic N) is 3. The SMILES string of the molecule is CN=C(NC1CCN(c2ccccn2)CC1)NC1CC1c1ccccc1C. The highest BCUT2D eigenvalue weighted by molar-refractivity contribution is 5.81. The van der Waals surface area contributed by atoms with Crippen LogP contribution in [-0.4, -0.2) is 43.2 Å². The van der Waals surface area contributed by atoms with E-state index < -0.39 is 0 Å². The molecule has 27 heavy (non-hydrogen) atoms. The highest BCUT2D eigenvalue weighted by atomic mass is 15.2. The zero-order chi connectivity index (χ0) is 18.6. The van der Waals surface area contributed by atoms with E-state index in [1.165, 1.54) is 17.5 Å². The van der Waals surface area contributed by atoms with Crippen LogP contribution in [0.15, 0.2) is 53.7 Å². The molecular formula is C22H29N5. The van der Waals surface area contributed by atoms with E-state index in [9.17, 15) is 0 Å². The number of piperidine rings is 1. The van der Waals surface area contributed by atoms with E-state index in [1.54, 1.807) is 0 Å². The second-order valence-electron chi connectivity index (χ2n) is 7.62. The Morgan fingerprint density at radius 1 is 1.07 bits per heavy atom. The predicted octanol–water partition coefficient (Wildman–Crippen LogP) is 3.08. The Labute approximate surface area is 161 Å². The molecule has 5 heteroatoms. The third-order valence-electron chi connectivity index (χ3n) is 5.73. The van der Waals surface area contributed by atoms with Crippen LogP contribution in [-0.2, 0) is 0 Å². The van der Waals surface area contributed by atoms with E-state index in [-0.39, 0.29) is 0 Å². The molecule has 142 valence electrons. The third-order valence-corrected chi connectivity index (χ3v) is 5.73. The number of hydrogen-bond acceptors (Lipinski definition) is 3. The van der Waals surface area contributed by atoms with Crippen LogP contribution < -0.4 is 15.5 Å². The molecule has 2 N–H and O–H groups in total. The largest absolute Gasteiger partial charge is 0.356 e. The average Bonchev–Trinajstić information content (AvgIpc) is 3.48. The minimum Gasteiger partial charge on any atom is -0.356 e. The Kier molecular flexibility index (Phi) is 5.28. The highest BCUT2D eigenvalue weighted by Gasteiger charge is 2.39. The van der Waals surface area contributed by atoms with E-state index in [0.717, 1.165) is 37.7 Å². The fourth-order valence-electron chi connectivity index (χ4n) is 4.03. The minimum atomic E-state index is 0.465. The molecule has 0 amide bonds. The number of pyridine rings is 1. The summed E-state index contributed by atoms with van der Waals surface area (Å²) in [6.45, 7) is 4.26. The Balaban J connectivity index is 1.27. The van der Waals surface area contributed by atoms with Gasteiger partial charge in [0.15, 0.2) is 5.96 Å². The monoisotopic (exact) mass is 363 g/mol. The van der Waals surface area contributed by atoms with Gasteiger partial charge < -0.3 is 15.5 Å². The van der Waals surface area contributed by atoms with E-state index in [2.05, 4.69) is 68.8 Å². The topological polar surface area (TPSA) is 52.6 Å². The number of aliphatic imine (C=N–C) groups is 1. The predicted molar refractivity (Wildman–Crippen MR) is 111 cm³/mol. The average molecular weight is 364 g/mol. The lowest BCUT2D eigenvalue weighted by atomic mass is 10.0. The molecule has 5 nitrogen and oxygen atoms in total. The number of aromatic nitrogens is 1. The van der Waals surface area contributed by atoms with Crippen molar-refractivity contribution in [2.45, 2.75) is 44.2 Å². The molecule has 1 saturated heterocycles. The van der Waals surface area contributed by atoms with Gasteiger partial charge in [-0.3, -0.25) is 4.99 Å². The summed E-state index contributed by atoms with van der Waals surface area (Å²) in [5.41, 5.74) is 2.85. The quantitative estimate of drug-likeness (QED) is 0.647. The number of guanidine groups is 1. The molecule has 0 spiro atoms. The Morgan fingerprint density at radius 2 is 1.85 bits per heavy atom. The summed E-state index contributed by atoms with van der Waals surface area (Å²) in [6.07, 6.45) is 5.25. The highest BCUT2D eigenvalue weighted by Crippen LogP contribution is 2.42. The lowest BCUT2D eigenvalue weighted by Gasteiger charge is -2.33. The van der Waals surface area contributed by atoms with Gasteiger partial charge in [-0.2, -0.15) is 0 Å². The van der Waals surface area contributed by atoms with Gasteiger partial charge in [0.25, 0.3) is 0 Å². The number of benzene rings is 1. The molecule has 1 aliphatic carbocycles. The van der Waals surface area contributed by atoms with Gasteiger partial charge in [-0.25, -0.2) is 4.98 Å². The molecule has 4 rings (SSSR count). The second-order valence-corrected chi connectivity index (χ2v) is 7.62. The lowest BCUT2D eigenvalue weighted by Crippen LogP contribution is -2.49. The molecule has 1 aromatic carbocycles. The van der Waals surface area contributed by atoms with Crippen molar-refractivity contribution in [2.75, 3.05) is 25.0 Å². The second kappa shape index (κ2) is 7.99. The summed E-state index contributed by atoms with van der Waals surface area (Å²) in [5, 5.41) is 7.25. The number of rotatable bonds is 4. The van der Waals surface area contributed by atoms with Crippen LogP contribution in [0.25, 0.3) is 0 Å². The van der Waals surface area contributed by atoms with Crippen molar-refractivity contribution in [1.82, 2.24) is 15.6 Å². The first-order valence-electron chi connectivity index (χ1n) is 9.96. The maximum absolute atomic E-state index is 4.47. The number of anilines is 1. The molecule has 2 fully saturated rings. The fraction of sp³-hybridized carbons (Fsp3) is 0.455. The van der Waals surface area contributed by atoms with Crippen LogP contribution in [0.1, 0.15) is 36.3 Å². The van der Waals surface area contributed by atoms with Gasteiger partial charge in [-0.05, 0) is 49.4 Å². The van der Waals surface area contributed by atoms with Crippen molar-refractivity contribution in [2.24, 2.45) is 4.99 Å². The molecule has 2 unspecified atom stereocenters. The van der Waals surface area contributed by atoms with Gasteiger partial charge in [0.05, 0.1) is 0 Å². The molecule has 2 aliphatic rings. The molecule has 2 heterocycles. The normalized spacial score (nSPS) is 23.2. The molecule has 0 bridgehead atoms. The standard InChI is InChI=1S/C22H29N5/c1-16-7-3-4-8-18(16)19-15-20(19)26-22(23-2)25-17-10-13-27(14-11-17)21-9-5-6-12-24-21/h3-9,12,17,19-20H,10-11,13-15H2,1-2H3,(H2,23,25,26). The first kappa shape index (κ1) is 17.8. The molecular weight excluding hydrogens is 334 g/mol. The van der Waals surface area contributed by atoms with Gasteiger partial charge in [0.2, 0.25) is 0 Å². The van der Waals surface area contributed by atoms with Gasteiger partial charge in [0.1, 0.15) is 5.82 Å². The van der Waals surface area contributed by atoms with Crippen molar-refractivity contribution in [3.8, 4) is 0 Å². The molecule has 1 aromatic heterocycles. The molecule has 1 saturated carbocycles. The van der Waals surface area contributed by atoms with Crippen LogP contribution in [0.2, 0.25) is 0 Å². The zero-order valence-corrected chi connectivity index (χ0v) is 16.2. The van der Waals surface area contributed by atoms with E-state index in [4.69, 9.17) is 0 Å². The summed E-state index contributed by atoms with van der Waals surface area (Å²) in [7, 11) is 1.86. The summed E-state index contributed by atoms with van der Waals surface area (Å²) >= 11 is 0. The van der Waals surface area contributed by atoms with Gasteiger partial charge in [-0.1, -0.05) is 30.3 Å². The molecule has 2 atom stereocenters. The van der Waals surface area contributed by atoms with Crippen LogP contribution in [0.3, 0.4) is 0 Å². The number of nitrogens with one attached hydrogen (secondary N) is 2. The fourth-order valence-corrected chi connectivity index (χ4v) is 4.03. The molecule has 0 radical (unpaired) electrons. The smallest absolute Gasteiger partial charge is 0.191 e. The van der Waals surface area contributed by atoms with E-state index in [0.29, 0.717) is 18.0 Å². The van der Waals surface area contributed by atoms with Crippen molar-refractivity contribution in [3.05, 3.63) is 59.8 Å². The maximum Gasteiger partial charge on any atom is 0.191 e. The van der Waals surface area contributed by atoms with Crippen LogP contribution in [0, 0.1) is 6.92 Å². The summed E-state index contributed by atoms with van der Waals surface area (Å²) < 4.78 is 0. The van der Waals surface area contributed by atoms with Gasteiger partial charge in [0, 0.05) is 44.3 Å². The summed E-state index contributed by atoms with van der Waals surface area (Å²) in [4.78, 5) is 11.3. The first-order chi connectivity index (χ1) is 13.2. The van der Waals surface area contributed by atoms with E-state index in [1.807, 2.05) is 19.3 Å². The number of hydrogen-bond donors (Lipinski definition) is 2. The zero-order valence-electron chi connectivity index (χ0n) is 16.2. The Hall–Kier alpha value is -2.56. The van der Waals surface area contributed by atoms with E-state index >= 15 is 0 Å². The summed E-state index contributed by atoms with van der Waals surface area (Å²) in [6, 6.07) is 15.8. The minimum absolute atomic E-state index is 0.465. The lowest BCUT2D eigenvalue weighted by molar-refractivity contribution is 0.459.